The van der Waals surface area contributed by atoms with Crippen molar-refractivity contribution in [2.24, 2.45) is 0 Å². The van der Waals surface area contributed by atoms with Crippen LogP contribution in [0, 0.1) is 0 Å². The predicted molar refractivity (Wildman–Crippen MR) is 169 cm³/mol. The van der Waals surface area contributed by atoms with Gasteiger partial charge in [0.05, 0.1) is 42.4 Å². The van der Waals surface area contributed by atoms with E-state index in [9.17, 15) is 25.9 Å². The third-order valence-electron chi connectivity index (χ3n) is 7.00. The van der Waals surface area contributed by atoms with Crippen LogP contribution < -0.4 is 9.47 Å². The molecule has 0 atom stereocenters. The molecule has 0 unspecified atom stereocenters. The maximum Gasteiger partial charge on any atom is 0.265 e. The Bertz CT molecular complexity index is 2030. The Balaban J connectivity index is 1.45. The number of anilines is 1. The number of hydrogen-bond acceptors (Lipinski definition) is 10. The first-order valence-electron chi connectivity index (χ1n) is 13.1. The van der Waals surface area contributed by atoms with Gasteiger partial charge in [-0.15, -0.1) is 0 Å². The zero-order chi connectivity index (χ0) is 29.5. The molecule has 0 spiro atoms. The molecular formula is C29H25N2O6S5-. The highest BCUT2D eigenvalue weighted by atomic mass is 32.2. The lowest BCUT2D eigenvalue weighted by Crippen LogP contribution is -2.36. The number of nitrogens with zero attached hydrogens (tertiary/aromatic N) is 2. The standard InChI is InChI=1S/C29H26N2O6S5/c32-41(33,34)15-3-12-30-24-17-21(22-11-14-38-19-22)8-9-25(24)39-27(30)18-28-31(13-4-16-42(35,36)37)29-23-6-2-1-5-20(23)7-10-26(29)40-28/h1-2,5-11,14,17-19H,3-4,12-13,15-16H2,(H-,32,33,34,35,36,37)/p-1. The fraction of sp³-hybridized carbons (Fsp3) is 0.207. The number of fused-ring (bicyclic) bond motifs is 4. The van der Waals surface area contributed by atoms with Crippen molar-refractivity contribution in [3.63, 3.8) is 0 Å². The first-order valence-corrected chi connectivity index (χ1v) is 18.8. The lowest BCUT2D eigenvalue weighted by Gasteiger charge is -2.21. The molecule has 218 valence electrons. The van der Waals surface area contributed by atoms with Crippen molar-refractivity contribution in [1.82, 2.24) is 0 Å². The van der Waals surface area contributed by atoms with E-state index in [0.717, 1.165) is 52.7 Å². The van der Waals surface area contributed by atoms with Gasteiger partial charge in [0.15, 0.2) is 6.54 Å². The van der Waals surface area contributed by atoms with Crippen LogP contribution in [0.25, 0.3) is 38.2 Å². The average Bonchev–Trinajstić information content (AvgIpc) is 3.66. The first-order chi connectivity index (χ1) is 20.1. The summed E-state index contributed by atoms with van der Waals surface area (Å²) in [6, 6.07) is 20.3. The Morgan fingerprint density at radius 1 is 0.881 bits per heavy atom. The van der Waals surface area contributed by atoms with Gasteiger partial charge in [-0.2, -0.15) is 15.9 Å². The van der Waals surface area contributed by atoms with E-state index in [1.54, 1.807) is 34.4 Å². The van der Waals surface area contributed by atoms with Gasteiger partial charge in [0.1, 0.15) is 4.70 Å². The highest BCUT2D eigenvalue weighted by Crippen LogP contribution is 2.48. The van der Waals surface area contributed by atoms with Gasteiger partial charge < -0.3 is 14.0 Å². The van der Waals surface area contributed by atoms with E-state index in [4.69, 9.17) is 0 Å². The number of benzene rings is 3. The SMILES string of the molecule is O=S(=O)([O-])CCCN1C(=Cc2sc3ccc4ccccc4c3[n+]2CCCS(=O)(=O)[O-])Sc2ccc(-c3ccsc3)cc21. The van der Waals surface area contributed by atoms with Gasteiger partial charge in [0, 0.05) is 29.4 Å². The van der Waals surface area contributed by atoms with Crippen LogP contribution in [0.5, 0.6) is 0 Å². The van der Waals surface area contributed by atoms with Crippen LogP contribution in [0.1, 0.15) is 17.8 Å². The fourth-order valence-corrected chi connectivity index (χ4v) is 9.11. The normalized spacial score (nSPS) is 14.8. The lowest BCUT2D eigenvalue weighted by molar-refractivity contribution is -0.667. The molecule has 2 aromatic heterocycles. The van der Waals surface area contributed by atoms with E-state index in [1.807, 2.05) is 47.9 Å². The number of aryl methyl sites for hydroxylation is 1. The van der Waals surface area contributed by atoms with Crippen LogP contribution in [0.15, 0.2) is 81.3 Å². The molecule has 0 radical (unpaired) electrons. The molecule has 0 aliphatic carbocycles. The summed E-state index contributed by atoms with van der Waals surface area (Å²) >= 11 is 4.74. The van der Waals surface area contributed by atoms with E-state index in [-0.39, 0.29) is 12.8 Å². The molecule has 1 aliphatic rings. The summed E-state index contributed by atoms with van der Waals surface area (Å²) in [4.78, 5) is 3.07. The van der Waals surface area contributed by atoms with Crippen LogP contribution >= 0.6 is 34.4 Å². The van der Waals surface area contributed by atoms with Gasteiger partial charge in [-0.25, -0.2) is 16.8 Å². The molecule has 3 heterocycles. The Kier molecular flexibility index (Phi) is 8.17. The van der Waals surface area contributed by atoms with Gasteiger partial charge >= 0.3 is 0 Å². The summed E-state index contributed by atoms with van der Waals surface area (Å²) in [6.07, 6.45) is 2.38. The Hall–Kier alpha value is -2.78. The summed E-state index contributed by atoms with van der Waals surface area (Å²) in [5, 5.41) is 7.91. The molecular weight excluding hydrogens is 633 g/mol. The van der Waals surface area contributed by atoms with Crippen molar-refractivity contribution in [3.05, 3.63) is 81.5 Å². The number of thiazole rings is 1. The Labute approximate surface area is 256 Å². The van der Waals surface area contributed by atoms with Crippen LogP contribution in [0.2, 0.25) is 0 Å². The molecule has 0 saturated carbocycles. The molecule has 0 N–H and O–H groups in total. The van der Waals surface area contributed by atoms with Gasteiger partial charge in [-0.05, 0) is 64.0 Å². The zero-order valence-corrected chi connectivity index (χ0v) is 26.2. The minimum Gasteiger partial charge on any atom is -0.748 e. The van der Waals surface area contributed by atoms with Crippen molar-refractivity contribution >= 4 is 87.4 Å². The molecule has 0 saturated heterocycles. The monoisotopic (exact) mass is 657 g/mol. The lowest BCUT2D eigenvalue weighted by atomic mass is 10.1. The Morgan fingerprint density at radius 2 is 1.67 bits per heavy atom. The third-order valence-corrected chi connectivity index (χ3v) is 11.5. The molecule has 8 nitrogen and oxygen atoms in total. The second-order valence-electron chi connectivity index (χ2n) is 9.89. The summed E-state index contributed by atoms with van der Waals surface area (Å²) in [6.45, 7) is 0.672. The molecule has 3 aromatic carbocycles. The molecule has 1 aliphatic heterocycles. The van der Waals surface area contributed by atoms with Crippen molar-refractivity contribution in [2.45, 2.75) is 24.3 Å². The van der Waals surface area contributed by atoms with Crippen LogP contribution in [-0.2, 0) is 26.8 Å². The quantitative estimate of drug-likeness (QED) is 0.135. The van der Waals surface area contributed by atoms with Gasteiger partial charge in [0.25, 0.3) is 5.01 Å². The molecule has 42 heavy (non-hydrogen) atoms. The maximum absolute atomic E-state index is 11.4. The van der Waals surface area contributed by atoms with E-state index < -0.39 is 31.7 Å². The number of hydrogen-bond donors (Lipinski definition) is 0. The molecule has 0 fully saturated rings. The smallest absolute Gasteiger partial charge is 0.265 e. The van der Waals surface area contributed by atoms with Gasteiger partial charge in [0.2, 0.25) is 5.52 Å². The molecule has 0 bridgehead atoms. The number of aromatic nitrogens is 1. The number of thioether (sulfide) groups is 1. The molecule has 6 rings (SSSR count). The zero-order valence-electron chi connectivity index (χ0n) is 22.1. The van der Waals surface area contributed by atoms with Crippen molar-refractivity contribution in [2.75, 3.05) is 23.0 Å². The average molecular weight is 658 g/mol. The van der Waals surface area contributed by atoms with Crippen molar-refractivity contribution in [1.29, 1.82) is 0 Å². The highest BCUT2D eigenvalue weighted by Gasteiger charge is 2.29. The van der Waals surface area contributed by atoms with E-state index >= 15 is 0 Å². The summed E-state index contributed by atoms with van der Waals surface area (Å²) in [7, 11) is -8.72. The largest absolute Gasteiger partial charge is 0.748 e. The molecule has 5 aromatic rings. The molecule has 13 heteroatoms. The predicted octanol–water partition coefficient (Wildman–Crippen LogP) is 5.85. The molecule has 0 amide bonds. The Morgan fingerprint density at radius 3 is 2.43 bits per heavy atom. The third kappa shape index (κ3) is 6.42. The number of thiophene rings is 1. The van der Waals surface area contributed by atoms with Crippen LogP contribution in [0.4, 0.5) is 5.69 Å². The fourth-order valence-electron chi connectivity index (χ4n) is 5.16. The van der Waals surface area contributed by atoms with Gasteiger partial charge in [-0.1, -0.05) is 53.4 Å². The second kappa shape index (κ2) is 11.7. The van der Waals surface area contributed by atoms with Crippen molar-refractivity contribution < 1.29 is 30.5 Å². The summed E-state index contributed by atoms with van der Waals surface area (Å²) in [5.41, 5.74) is 4.04. The van der Waals surface area contributed by atoms with E-state index in [1.165, 1.54) is 0 Å². The minimum atomic E-state index is -4.36. The van der Waals surface area contributed by atoms with Gasteiger partial charge in [-0.3, -0.25) is 0 Å². The summed E-state index contributed by atoms with van der Waals surface area (Å²) < 4.78 is 71.5. The van der Waals surface area contributed by atoms with E-state index in [2.05, 4.69) is 39.1 Å². The van der Waals surface area contributed by atoms with Crippen molar-refractivity contribution in [3.8, 4) is 11.1 Å². The number of rotatable bonds is 10. The minimum absolute atomic E-state index is 0.171. The van der Waals surface area contributed by atoms with Crippen LogP contribution in [-0.4, -0.2) is 44.0 Å². The second-order valence-corrected chi connectivity index (χ2v) is 15.8. The summed E-state index contributed by atoms with van der Waals surface area (Å²) in [5.74, 6) is -0.918. The van der Waals surface area contributed by atoms with Crippen LogP contribution in [0.3, 0.4) is 0 Å². The topological polar surface area (TPSA) is 122 Å². The first kappa shape index (κ1) is 29.3. The van der Waals surface area contributed by atoms with E-state index in [0.29, 0.717) is 13.1 Å². The maximum atomic E-state index is 11.4. The highest BCUT2D eigenvalue weighted by molar-refractivity contribution is 8.04.